The molecule has 0 spiro atoms. The summed E-state index contributed by atoms with van der Waals surface area (Å²) in [4.78, 5) is 44.4. The molecule has 11 heteroatoms. The standard InChI is InChI=1S/C32H28F2N4O5/c1-3-32(42)20-10-25-29-18(12-38(25)30(40)19(20)13-43-31(32)41)28-23(36-26(39)8-15-4-5-16(35)9-22(15)34)7-6-17-14(2)21(33)11-24(37-29)27(17)28/h4-5,9-11,23,42H,3,6-8,12-13,35H2,1-2H3,(H,36,39)/t23-,32-/m0/s1. The highest BCUT2D eigenvalue weighted by Crippen LogP contribution is 2.46. The Kier molecular flexibility index (Phi) is 5.97. The third kappa shape index (κ3) is 3.91. The maximum absolute atomic E-state index is 15.1. The molecule has 0 fully saturated rings. The molecule has 0 unspecified atom stereocenters. The second-order valence-electron chi connectivity index (χ2n) is 11.5. The van der Waals surface area contributed by atoms with E-state index < -0.39 is 40.7 Å². The molecule has 3 aliphatic rings. The smallest absolute Gasteiger partial charge is 0.343 e. The van der Waals surface area contributed by atoms with Crippen molar-refractivity contribution in [1.82, 2.24) is 14.9 Å². The fraction of sp³-hybridized carbons (Fsp3) is 0.312. The highest BCUT2D eigenvalue weighted by Gasteiger charge is 2.46. The summed E-state index contributed by atoms with van der Waals surface area (Å²) in [5.74, 6) is -2.21. The summed E-state index contributed by atoms with van der Waals surface area (Å²) < 4.78 is 36.3. The number of nitrogens with zero attached hydrogens (tertiary/aromatic N) is 2. The van der Waals surface area contributed by atoms with Crippen LogP contribution in [-0.4, -0.2) is 26.5 Å². The molecule has 1 aliphatic carbocycles. The van der Waals surface area contributed by atoms with Crippen LogP contribution in [0.5, 0.6) is 0 Å². The second-order valence-corrected chi connectivity index (χ2v) is 11.5. The van der Waals surface area contributed by atoms with E-state index in [2.05, 4.69) is 5.32 Å². The third-order valence-electron chi connectivity index (χ3n) is 9.14. The molecule has 220 valence electrons. The lowest BCUT2D eigenvalue weighted by Crippen LogP contribution is -2.44. The third-order valence-corrected chi connectivity index (χ3v) is 9.14. The Labute approximate surface area is 244 Å². The lowest BCUT2D eigenvalue weighted by molar-refractivity contribution is -0.172. The number of aliphatic hydroxyl groups is 1. The van der Waals surface area contributed by atoms with E-state index in [-0.39, 0.29) is 48.4 Å². The van der Waals surface area contributed by atoms with Crippen LogP contribution in [0.25, 0.3) is 22.3 Å². The van der Waals surface area contributed by atoms with Gasteiger partial charge in [0.15, 0.2) is 5.60 Å². The lowest BCUT2D eigenvalue weighted by atomic mass is 9.81. The fourth-order valence-corrected chi connectivity index (χ4v) is 6.82. The van der Waals surface area contributed by atoms with Crippen LogP contribution in [-0.2, 0) is 45.9 Å². The number of fused-ring (bicyclic) bond motifs is 5. The van der Waals surface area contributed by atoms with E-state index in [1.54, 1.807) is 19.9 Å². The number of carbonyl (C=O) groups is 2. The SMILES string of the molecule is CC[C@@]1(O)C(=O)OCc2c1cc1n(c2=O)Cc2c-1nc1cc(F)c(C)c3c1c2[C@@H](NC(=O)Cc1ccc(N)cc1F)CC3. The molecule has 1 amide bonds. The summed E-state index contributed by atoms with van der Waals surface area (Å²) in [7, 11) is 0. The highest BCUT2D eigenvalue weighted by molar-refractivity contribution is 5.94. The van der Waals surface area contributed by atoms with Crippen molar-refractivity contribution < 1.29 is 28.2 Å². The molecule has 2 aliphatic heterocycles. The van der Waals surface area contributed by atoms with Crippen molar-refractivity contribution in [3.8, 4) is 11.4 Å². The van der Waals surface area contributed by atoms with Gasteiger partial charge in [0.25, 0.3) is 5.56 Å². The minimum absolute atomic E-state index is 0.00153. The van der Waals surface area contributed by atoms with Gasteiger partial charge in [0.1, 0.15) is 18.2 Å². The summed E-state index contributed by atoms with van der Waals surface area (Å²) in [6.07, 6.45) is 0.739. The van der Waals surface area contributed by atoms with E-state index in [0.29, 0.717) is 40.9 Å². The van der Waals surface area contributed by atoms with Gasteiger partial charge in [0.2, 0.25) is 5.91 Å². The number of nitrogen functional groups attached to an aromatic ring is 1. The number of benzene rings is 2. The number of halogens is 2. The number of cyclic esters (lactones) is 1. The summed E-state index contributed by atoms with van der Waals surface area (Å²) in [5, 5.41) is 15.0. The molecule has 43 heavy (non-hydrogen) atoms. The number of hydrogen-bond acceptors (Lipinski definition) is 7. The Morgan fingerprint density at radius 3 is 2.72 bits per heavy atom. The number of ether oxygens (including phenoxy) is 1. The van der Waals surface area contributed by atoms with E-state index in [0.717, 1.165) is 16.5 Å². The number of nitrogens with two attached hydrogens (primary N) is 1. The number of pyridine rings is 2. The molecule has 2 atom stereocenters. The Morgan fingerprint density at radius 2 is 1.98 bits per heavy atom. The minimum atomic E-state index is -1.99. The minimum Gasteiger partial charge on any atom is -0.458 e. The molecule has 0 saturated carbocycles. The van der Waals surface area contributed by atoms with Crippen LogP contribution < -0.4 is 16.6 Å². The van der Waals surface area contributed by atoms with Gasteiger partial charge < -0.3 is 25.5 Å². The van der Waals surface area contributed by atoms with Crippen molar-refractivity contribution in [2.75, 3.05) is 5.73 Å². The molecular formula is C32H28F2N4O5. The van der Waals surface area contributed by atoms with E-state index in [9.17, 15) is 23.9 Å². The molecule has 9 nitrogen and oxygen atoms in total. The average molecular weight is 587 g/mol. The van der Waals surface area contributed by atoms with Gasteiger partial charge in [-0.25, -0.2) is 18.6 Å². The maximum Gasteiger partial charge on any atom is 0.343 e. The van der Waals surface area contributed by atoms with Crippen molar-refractivity contribution in [1.29, 1.82) is 0 Å². The van der Waals surface area contributed by atoms with Crippen molar-refractivity contribution in [2.24, 2.45) is 0 Å². The first-order valence-electron chi connectivity index (χ1n) is 14.2. The molecule has 2 aromatic carbocycles. The number of esters is 1. The molecule has 0 radical (unpaired) electrons. The first kappa shape index (κ1) is 27.2. The van der Waals surface area contributed by atoms with Gasteiger partial charge in [0.05, 0.1) is 41.5 Å². The zero-order chi connectivity index (χ0) is 30.4. The van der Waals surface area contributed by atoms with Gasteiger partial charge >= 0.3 is 5.97 Å². The lowest BCUT2D eigenvalue weighted by Gasteiger charge is -2.31. The quantitative estimate of drug-likeness (QED) is 0.216. The van der Waals surface area contributed by atoms with Crippen molar-refractivity contribution in [2.45, 2.75) is 64.3 Å². The fourth-order valence-electron chi connectivity index (χ4n) is 6.82. The van der Waals surface area contributed by atoms with Crippen LogP contribution in [0.2, 0.25) is 0 Å². The van der Waals surface area contributed by atoms with Gasteiger partial charge in [-0.15, -0.1) is 0 Å². The Bertz CT molecular complexity index is 1990. The van der Waals surface area contributed by atoms with Gasteiger partial charge in [-0.2, -0.15) is 0 Å². The number of amides is 1. The van der Waals surface area contributed by atoms with Gasteiger partial charge in [-0.1, -0.05) is 13.0 Å². The molecular weight excluding hydrogens is 558 g/mol. The number of anilines is 1. The molecule has 7 rings (SSSR count). The summed E-state index contributed by atoms with van der Waals surface area (Å²) in [6, 6.07) is 6.62. The highest BCUT2D eigenvalue weighted by atomic mass is 19.1. The second kappa shape index (κ2) is 9.43. The topological polar surface area (TPSA) is 137 Å². The molecule has 4 N–H and O–H groups in total. The van der Waals surface area contributed by atoms with E-state index in [1.807, 2.05) is 0 Å². The first-order chi connectivity index (χ1) is 20.5. The summed E-state index contributed by atoms with van der Waals surface area (Å²) in [6.45, 7) is 3.20. The first-order valence-corrected chi connectivity index (χ1v) is 14.2. The number of rotatable bonds is 4. The average Bonchev–Trinajstić information content (AvgIpc) is 3.34. The predicted octanol–water partition coefficient (Wildman–Crippen LogP) is 3.59. The molecule has 4 heterocycles. The van der Waals surface area contributed by atoms with Crippen molar-refractivity contribution >= 4 is 28.5 Å². The van der Waals surface area contributed by atoms with Crippen LogP contribution in [0.3, 0.4) is 0 Å². The van der Waals surface area contributed by atoms with Gasteiger partial charge in [-0.3, -0.25) is 9.59 Å². The Morgan fingerprint density at radius 1 is 1.19 bits per heavy atom. The van der Waals surface area contributed by atoms with Crippen LogP contribution in [0, 0.1) is 18.6 Å². The number of aromatic nitrogens is 2. The van der Waals surface area contributed by atoms with Crippen LogP contribution in [0.1, 0.15) is 64.8 Å². The zero-order valence-corrected chi connectivity index (χ0v) is 23.5. The van der Waals surface area contributed by atoms with E-state index in [4.69, 9.17) is 15.5 Å². The number of carbonyl (C=O) groups excluding carboxylic acids is 2. The van der Waals surface area contributed by atoms with Crippen molar-refractivity contribution in [3.63, 3.8) is 0 Å². The number of aryl methyl sites for hydroxylation is 1. The van der Waals surface area contributed by atoms with E-state index in [1.165, 1.54) is 28.8 Å². The zero-order valence-electron chi connectivity index (χ0n) is 23.5. The molecule has 0 bridgehead atoms. The molecule has 4 aromatic rings. The van der Waals surface area contributed by atoms with Crippen molar-refractivity contribution in [3.05, 3.63) is 91.3 Å². The maximum atomic E-state index is 15.1. The predicted molar refractivity (Wildman–Crippen MR) is 153 cm³/mol. The number of hydrogen-bond donors (Lipinski definition) is 3. The van der Waals surface area contributed by atoms with Crippen LogP contribution >= 0.6 is 0 Å². The largest absolute Gasteiger partial charge is 0.458 e. The Balaban J connectivity index is 1.39. The van der Waals surface area contributed by atoms with Gasteiger partial charge in [0, 0.05) is 28.3 Å². The monoisotopic (exact) mass is 586 g/mol. The molecule has 0 saturated heterocycles. The molecule has 2 aromatic heterocycles. The summed E-state index contributed by atoms with van der Waals surface area (Å²) >= 11 is 0. The van der Waals surface area contributed by atoms with Crippen LogP contribution in [0.15, 0.2) is 35.1 Å². The summed E-state index contributed by atoms with van der Waals surface area (Å²) in [5.41, 5.74) is 7.97. The van der Waals surface area contributed by atoms with Gasteiger partial charge in [-0.05, 0) is 66.6 Å². The van der Waals surface area contributed by atoms with E-state index >= 15 is 4.39 Å². The normalized spacial score (nSPS) is 19.9. The number of nitrogens with one attached hydrogen (secondary N) is 1. The van der Waals surface area contributed by atoms with Crippen LogP contribution in [0.4, 0.5) is 14.5 Å². The Hall–Kier alpha value is -4.64.